The quantitative estimate of drug-likeness (QED) is 0.694. The van der Waals surface area contributed by atoms with E-state index in [0.717, 1.165) is 23.3 Å². The lowest BCUT2D eigenvalue weighted by molar-refractivity contribution is 0.0697. The molecule has 28 heavy (non-hydrogen) atoms. The third-order valence-corrected chi connectivity index (χ3v) is 4.88. The summed E-state index contributed by atoms with van der Waals surface area (Å²) < 4.78 is 11.8. The van der Waals surface area contributed by atoms with Gasteiger partial charge in [0, 0.05) is 11.1 Å². The number of rotatable bonds is 5. The molecule has 0 bridgehead atoms. The van der Waals surface area contributed by atoms with E-state index in [4.69, 9.17) is 14.3 Å². The van der Waals surface area contributed by atoms with Gasteiger partial charge in [-0.1, -0.05) is 25.1 Å². The molecule has 5 heteroatoms. The Hall–Kier alpha value is -3.34. The van der Waals surface area contributed by atoms with E-state index in [9.17, 15) is 9.59 Å². The number of carboxylic acids is 1. The molecule has 0 saturated heterocycles. The maximum absolute atomic E-state index is 12.9. The van der Waals surface area contributed by atoms with Crippen molar-refractivity contribution in [2.75, 3.05) is 6.61 Å². The van der Waals surface area contributed by atoms with Crippen LogP contribution in [-0.2, 0) is 6.42 Å². The molecular weight excluding hydrogens is 356 g/mol. The first-order valence-corrected chi connectivity index (χ1v) is 9.34. The SMILES string of the molecule is CCCOc1ccccc1/C=C1/CCc2c1oc1ccc(C(=O)O)cc1c2=O. The van der Waals surface area contributed by atoms with Gasteiger partial charge in [-0.15, -0.1) is 0 Å². The molecular formula is C23H20O5. The van der Waals surface area contributed by atoms with E-state index in [1.165, 1.54) is 12.1 Å². The van der Waals surface area contributed by atoms with E-state index in [2.05, 4.69) is 6.92 Å². The highest BCUT2D eigenvalue weighted by molar-refractivity contribution is 5.94. The highest BCUT2D eigenvalue weighted by Crippen LogP contribution is 2.35. The molecule has 0 saturated carbocycles. The van der Waals surface area contributed by atoms with Crippen molar-refractivity contribution in [1.29, 1.82) is 0 Å². The van der Waals surface area contributed by atoms with Crippen molar-refractivity contribution < 1.29 is 19.1 Å². The molecule has 0 atom stereocenters. The highest BCUT2D eigenvalue weighted by atomic mass is 16.5. The number of hydrogen-bond donors (Lipinski definition) is 1. The third-order valence-electron chi connectivity index (χ3n) is 4.88. The summed E-state index contributed by atoms with van der Waals surface area (Å²) in [5.74, 6) is 0.330. The third kappa shape index (κ3) is 3.20. The Balaban J connectivity index is 1.81. The van der Waals surface area contributed by atoms with Crippen molar-refractivity contribution in [3.05, 3.63) is 75.1 Å². The summed E-state index contributed by atoms with van der Waals surface area (Å²) in [5, 5.41) is 9.48. The van der Waals surface area contributed by atoms with Gasteiger partial charge in [0.25, 0.3) is 0 Å². The van der Waals surface area contributed by atoms with Gasteiger partial charge < -0.3 is 14.3 Å². The predicted molar refractivity (Wildman–Crippen MR) is 108 cm³/mol. The molecule has 0 unspecified atom stereocenters. The zero-order chi connectivity index (χ0) is 19.7. The second-order valence-electron chi connectivity index (χ2n) is 6.81. The van der Waals surface area contributed by atoms with E-state index >= 15 is 0 Å². The molecule has 4 rings (SSSR count). The van der Waals surface area contributed by atoms with Gasteiger partial charge >= 0.3 is 5.97 Å². The Morgan fingerprint density at radius 2 is 2.04 bits per heavy atom. The minimum Gasteiger partial charge on any atom is -0.493 e. The molecule has 142 valence electrons. The van der Waals surface area contributed by atoms with Gasteiger partial charge in [-0.25, -0.2) is 4.79 Å². The maximum atomic E-state index is 12.9. The molecule has 1 heterocycles. The van der Waals surface area contributed by atoms with Crippen molar-refractivity contribution in [2.45, 2.75) is 26.2 Å². The first kappa shape index (κ1) is 18.0. The van der Waals surface area contributed by atoms with Crippen LogP contribution >= 0.6 is 0 Å². The van der Waals surface area contributed by atoms with Gasteiger partial charge in [-0.3, -0.25) is 4.79 Å². The Labute approximate surface area is 161 Å². The molecule has 3 aromatic rings. The minimum atomic E-state index is -1.06. The number of fused-ring (bicyclic) bond motifs is 2. The number of hydrogen-bond acceptors (Lipinski definition) is 4. The molecule has 2 aromatic carbocycles. The lowest BCUT2D eigenvalue weighted by atomic mass is 10.1. The predicted octanol–water partition coefficient (Wildman–Crippen LogP) is 4.77. The van der Waals surface area contributed by atoms with E-state index in [1.54, 1.807) is 6.07 Å². The topological polar surface area (TPSA) is 76.7 Å². The van der Waals surface area contributed by atoms with Gasteiger partial charge in [0.15, 0.2) is 5.43 Å². The van der Waals surface area contributed by atoms with E-state index in [-0.39, 0.29) is 11.0 Å². The highest BCUT2D eigenvalue weighted by Gasteiger charge is 2.24. The Morgan fingerprint density at radius 3 is 2.82 bits per heavy atom. The Bertz CT molecular complexity index is 1150. The van der Waals surface area contributed by atoms with Gasteiger partial charge in [-0.2, -0.15) is 0 Å². The van der Waals surface area contributed by atoms with E-state index in [0.29, 0.717) is 41.7 Å². The molecule has 0 radical (unpaired) electrons. The molecule has 0 spiro atoms. The minimum absolute atomic E-state index is 0.0792. The second kappa shape index (κ2) is 7.35. The summed E-state index contributed by atoms with van der Waals surface area (Å²) in [6.07, 6.45) is 4.21. The van der Waals surface area contributed by atoms with Crippen molar-refractivity contribution >= 4 is 28.6 Å². The van der Waals surface area contributed by atoms with Crippen LogP contribution in [0.4, 0.5) is 0 Å². The average Bonchev–Trinajstić information content (AvgIpc) is 3.10. The molecule has 0 fully saturated rings. The van der Waals surface area contributed by atoms with Crippen LogP contribution in [0.15, 0.2) is 51.7 Å². The van der Waals surface area contributed by atoms with Crippen molar-refractivity contribution in [3.8, 4) is 5.75 Å². The number of allylic oxidation sites excluding steroid dienone is 1. The van der Waals surface area contributed by atoms with Gasteiger partial charge in [-0.05, 0) is 55.2 Å². The second-order valence-corrected chi connectivity index (χ2v) is 6.81. The first-order valence-electron chi connectivity index (χ1n) is 9.34. The van der Waals surface area contributed by atoms with Crippen LogP contribution in [-0.4, -0.2) is 17.7 Å². The van der Waals surface area contributed by atoms with Crippen LogP contribution in [0.5, 0.6) is 5.75 Å². The maximum Gasteiger partial charge on any atom is 0.335 e. The molecule has 0 aliphatic heterocycles. The first-order chi connectivity index (χ1) is 13.6. The zero-order valence-corrected chi connectivity index (χ0v) is 15.5. The van der Waals surface area contributed by atoms with Gasteiger partial charge in [0.2, 0.25) is 0 Å². The normalized spacial score (nSPS) is 14.4. The Morgan fingerprint density at radius 1 is 1.21 bits per heavy atom. The average molecular weight is 376 g/mol. The summed E-state index contributed by atoms with van der Waals surface area (Å²) in [4.78, 5) is 24.1. The smallest absolute Gasteiger partial charge is 0.335 e. The fourth-order valence-electron chi connectivity index (χ4n) is 3.49. The van der Waals surface area contributed by atoms with Gasteiger partial charge in [0.1, 0.15) is 17.1 Å². The molecule has 1 aliphatic rings. The lowest BCUT2D eigenvalue weighted by Gasteiger charge is -2.09. The van der Waals surface area contributed by atoms with Crippen molar-refractivity contribution in [2.24, 2.45) is 0 Å². The summed E-state index contributed by atoms with van der Waals surface area (Å²) in [5.41, 5.74) is 2.82. The monoisotopic (exact) mass is 376 g/mol. The van der Waals surface area contributed by atoms with Gasteiger partial charge in [0.05, 0.1) is 17.6 Å². The number of benzene rings is 2. The fraction of sp³-hybridized carbons (Fsp3) is 0.217. The van der Waals surface area contributed by atoms with Crippen LogP contribution < -0.4 is 10.2 Å². The number of carbonyl (C=O) groups is 1. The summed E-state index contributed by atoms with van der Waals surface area (Å²) in [7, 11) is 0. The molecule has 5 nitrogen and oxygen atoms in total. The van der Waals surface area contributed by atoms with Crippen LogP contribution in [0.3, 0.4) is 0 Å². The van der Waals surface area contributed by atoms with Crippen molar-refractivity contribution in [3.63, 3.8) is 0 Å². The van der Waals surface area contributed by atoms with Crippen LogP contribution in [0, 0.1) is 0 Å². The molecule has 1 N–H and O–H groups in total. The number of ether oxygens (including phenoxy) is 1. The van der Waals surface area contributed by atoms with Crippen molar-refractivity contribution in [1.82, 2.24) is 0 Å². The summed E-state index contributed by atoms with van der Waals surface area (Å²) in [6.45, 7) is 2.70. The lowest BCUT2D eigenvalue weighted by Crippen LogP contribution is -2.09. The number of para-hydroxylation sites is 1. The van der Waals surface area contributed by atoms with Crippen LogP contribution in [0.2, 0.25) is 0 Å². The summed E-state index contributed by atoms with van der Waals surface area (Å²) >= 11 is 0. The number of carboxylic acid groups (broad SMARTS) is 1. The zero-order valence-electron chi connectivity index (χ0n) is 15.5. The largest absolute Gasteiger partial charge is 0.493 e. The molecule has 1 aromatic heterocycles. The van der Waals surface area contributed by atoms with E-state index in [1.807, 2.05) is 30.3 Å². The van der Waals surface area contributed by atoms with Crippen LogP contribution in [0.25, 0.3) is 22.6 Å². The van der Waals surface area contributed by atoms with Crippen LogP contribution in [0.1, 0.15) is 47.0 Å². The summed E-state index contributed by atoms with van der Waals surface area (Å²) in [6, 6.07) is 12.2. The Kier molecular flexibility index (Phi) is 4.74. The molecule has 1 aliphatic carbocycles. The number of aromatic carboxylic acids is 1. The molecule has 0 amide bonds. The fourth-order valence-corrected chi connectivity index (χ4v) is 3.49. The standard InChI is InChI=1S/C23H20O5/c1-2-11-27-19-6-4-3-5-14(19)12-15-7-9-17-21(24)18-13-16(23(25)26)8-10-20(18)28-22(15)17/h3-6,8,10,12-13H,2,7,9,11H2,1H3,(H,25,26)/b15-12-. The van der Waals surface area contributed by atoms with E-state index < -0.39 is 5.97 Å².